The Bertz CT molecular complexity index is 317. The summed E-state index contributed by atoms with van der Waals surface area (Å²) < 4.78 is 26.1. The maximum absolute atomic E-state index is 13.0. The topological polar surface area (TPSA) is 55.1 Å². The van der Waals surface area contributed by atoms with Gasteiger partial charge in [0.2, 0.25) is 11.8 Å². The average Bonchev–Trinajstić information content (AvgIpc) is 2.85. The quantitative estimate of drug-likeness (QED) is 0.827. The van der Waals surface area contributed by atoms with Crippen LogP contribution in [0.5, 0.6) is 0 Å². The van der Waals surface area contributed by atoms with Gasteiger partial charge in [0.1, 0.15) is 0 Å². The highest BCUT2D eigenvalue weighted by Crippen LogP contribution is 2.38. The van der Waals surface area contributed by atoms with E-state index in [0.29, 0.717) is 25.9 Å². The average molecular weight is 274 g/mol. The van der Waals surface area contributed by atoms with E-state index in [1.807, 2.05) is 0 Å². The zero-order valence-electron chi connectivity index (χ0n) is 11.4. The molecule has 0 aromatic rings. The third-order valence-corrected chi connectivity index (χ3v) is 4.82. The van der Waals surface area contributed by atoms with Crippen molar-refractivity contribution in [2.45, 2.75) is 57.3 Å². The van der Waals surface area contributed by atoms with Crippen LogP contribution in [0.1, 0.15) is 51.4 Å². The largest absolute Gasteiger partial charge is 0.355 e. The van der Waals surface area contributed by atoms with Crippen molar-refractivity contribution < 1.29 is 13.6 Å². The van der Waals surface area contributed by atoms with Crippen molar-refractivity contribution in [3.05, 3.63) is 0 Å². The molecule has 2 saturated carbocycles. The summed E-state index contributed by atoms with van der Waals surface area (Å²) >= 11 is 0. The predicted molar refractivity (Wildman–Crippen MR) is 69.9 cm³/mol. The number of hydrogen-bond acceptors (Lipinski definition) is 2. The number of amides is 1. The summed E-state index contributed by atoms with van der Waals surface area (Å²) in [6, 6.07) is 0. The van der Waals surface area contributed by atoms with Crippen LogP contribution in [0.25, 0.3) is 0 Å². The first-order valence-corrected chi connectivity index (χ1v) is 7.32. The number of hydrogen-bond donors (Lipinski definition) is 2. The molecule has 0 aromatic carbocycles. The van der Waals surface area contributed by atoms with Gasteiger partial charge in [-0.25, -0.2) is 8.78 Å². The second kappa shape index (κ2) is 5.73. The fourth-order valence-corrected chi connectivity index (χ4v) is 3.30. The molecule has 0 spiro atoms. The molecule has 2 rings (SSSR count). The molecule has 0 heterocycles. The number of carbonyl (C=O) groups excluding carboxylic acids is 1. The van der Waals surface area contributed by atoms with Crippen molar-refractivity contribution in [3.63, 3.8) is 0 Å². The van der Waals surface area contributed by atoms with Gasteiger partial charge in [0.05, 0.1) is 0 Å². The first-order valence-electron chi connectivity index (χ1n) is 7.32. The summed E-state index contributed by atoms with van der Waals surface area (Å²) in [5.74, 6) is -2.87. The van der Waals surface area contributed by atoms with Gasteiger partial charge in [0.15, 0.2) is 0 Å². The highest BCUT2D eigenvalue weighted by Gasteiger charge is 2.38. The maximum Gasteiger partial charge on any atom is 0.248 e. The number of nitrogens with one attached hydrogen (secondary N) is 1. The Labute approximate surface area is 113 Å². The molecule has 0 unspecified atom stereocenters. The van der Waals surface area contributed by atoms with Crippen molar-refractivity contribution in [2.75, 3.05) is 13.1 Å². The molecule has 5 heteroatoms. The van der Waals surface area contributed by atoms with Gasteiger partial charge in [-0.1, -0.05) is 12.8 Å². The highest BCUT2D eigenvalue weighted by atomic mass is 19.3. The van der Waals surface area contributed by atoms with Crippen LogP contribution in [0.3, 0.4) is 0 Å². The predicted octanol–water partition coefficient (Wildman–Crippen LogP) is 2.45. The Morgan fingerprint density at radius 3 is 2.26 bits per heavy atom. The van der Waals surface area contributed by atoms with Gasteiger partial charge in [-0.2, -0.15) is 0 Å². The monoisotopic (exact) mass is 274 g/mol. The van der Waals surface area contributed by atoms with Crippen LogP contribution in [0.2, 0.25) is 0 Å². The fourth-order valence-electron chi connectivity index (χ4n) is 3.30. The first kappa shape index (κ1) is 14.7. The lowest BCUT2D eigenvalue weighted by Crippen LogP contribution is -2.43. The van der Waals surface area contributed by atoms with Crippen LogP contribution in [-0.4, -0.2) is 24.9 Å². The number of nitrogens with two attached hydrogens (primary N) is 1. The first-order chi connectivity index (χ1) is 8.96. The lowest BCUT2D eigenvalue weighted by atomic mass is 9.84. The molecular weight excluding hydrogens is 250 g/mol. The Kier molecular flexibility index (Phi) is 4.43. The maximum atomic E-state index is 13.0. The van der Waals surface area contributed by atoms with Gasteiger partial charge >= 0.3 is 0 Å². The van der Waals surface area contributed by atoms with Crippen LogP contribution in [0.4, 0.5) is 8.78 Å². The van der Waals surface area contributed by atoms with E-state index in [1.54, 1.807) is 0 Å². The zero-order chi connectivity index (χ0) is 13.9. The molecule has 0 saturated heterocycles. The van der Waals surface area contributed by atoms with Crippen LogP contribution < -0.4 is 11.1 Å². The van der Waals surface area contributed by atoms with Gasteiger partial charge < -0.3 is 11.1 Å². The lowest BCUT2D eigenvalue weighted by Gasteiger charge is -2.31. The van der Waals surface area contributed by atoms with E-state index in [1.165, 1.54) is 12.8 Å². The van der Waals surface area contributed by atoms with E-state index in [2.05, 4.69) is 5.32 Å². The molecule has 0 radical (unpaired) electrons. The normalized spacial score (nSPS) is 26.3. The van der Waals surface area contributed by atoms with Crippen LogP contribution >= 0.6 is 0 Å². The molecule has 1 amide bonds. The number of rotatable bonds is 4. The van der Waals surface area contributed by atoms with Crippen molar-refractivity contribution in [3.8, 4) is 0 Å². The molecule has 0 aromatic heterocycles. The molecule has 2 aliphatic rings. The zero-order valence-corrected chi connectivity index (χ0v) is 11.4. The van der Waals surface area contributed by atoms with Crippen LogP contribution in [0.15, 0.2) is 0 Å². The standard InChI is InChI=1S/C14H24F2N2O/c15-14(16)7-3-11(4-8-14)12(19)18-10-13(9-17)5-1-2-6-13/h11H,1-10,17H2,(H,18,19). The molecule has 2 fully saturated rings. The molecular formula is C14H24F2N2O. The van der Waals surface area contributed by atoms with Crippen LogP contribution in [0, 0.1) is 11.3 Å². The Hall–Kier alpha value is -0.710. The van der Waals surface area contributed by atoms with E-state index in [9.17, 15) is 13.6 Å². The van der Waals surface area contributed by atoms with Crippen molar-refractivity contribution in [1.29, 1.82) is 0 Å². The molecule has 19 heavy (non-hydrogen) atoms. The van der Waals surface area contributed by atoms with Crippen molar-refractivity contribution >= 4 is 5.91 Å². The SMILES string of the molecule is NCC1(CNC(=O)C2CCC(F)(F)CC2)CCCC1. The van der Waals surface area contributed by atoms with Gasteiger partial charge in [-0.05, 0) is 37.6 Å². The summed E-state index contributed by atoms with van der Waals surface area (Å²) in [5.41, 5.74) is 5.87. The van der Waals surface area contributed by atoms with Gasteiger partial charge in [0.25, 0.3) is 0 Å². The minimum absolute atomic E-state index is 0.0499. The second-order valence-electron chi connectivity index (χ2n) is 6.26. The molecule has 3 N–H and O–H groups in total. The van der Waals surface area contributed by atoms with Gasteiger partial charge in [0, 0.05) is 25.3 Å². The Morgan fingerprint density at radius 1 is 1.16 bits per heavy atom. The lowest BCUT2D eigenvalue weighted by molar-refractivity contribution is -0.129. The van der Waals surface area contributed by atoms with E-state index in [-0.39, 0.29) is 30.1 Å². The minimum atomic E-state index is -2.57. The molecule has 0 bridgehead atoms. The smallest absolute Gasteiger partial charge is 0.248 e. The van der Waals surface area contributed by atoms with Gasteiger partial charge in [-0.3, -0.25) is 4.79 Å². The van der Waals surface area contributed by atoms with E-state index < -0.39 is 5.92 Å². The van der Waals surface area contributed by atoms with E-state index in [0.717, 1.165) is 12.8 Å². The summed E-state index contributed by atoms with van der Waals surface area (Å²) in [6.45, 7) is 1.20. The van der Waals surface area contributed by atoms with E-state index >= 15 is 0 Å². The third-order valence-electron chi connectivity index (χ3n) is 4.82. The van der Waals surface area contributed by atoms with Crippen LogP contribution in [-0.2, 0) is 4.79 Å². The molecule has 0 atom stereocenters. The van der Waals surface area contributed by atoms with Crippen molar-refractivity contribution in [1.82, 2.24) is 5.32 Å². The molecule has 2 aliphatic carbocycles. The Morgan fingerprint density at radius 2 is 1.74 bits per heavy atom. The molecule has 110 valence electrons. The van der Waals surface area contributed by atoms with E-state index in [4.69, 9.17) is 5.73 Å². The van der Waals surface area contributed by atoms with Gasteiger partial charge in [-0.15, -0.1) is 0 Å². The highest BCUT2D eigenvalue weighted by molar-refractivity contribution is 5.78. The number of halogens is 2. The summed E-state index contributed by atoms with van der Waals surface area (Å²) in [5, 5.41) is 2.95. The Balaban J connectivity index is 1.78. The van der Waals surface area contributed by atoms with Crippen molar-refractivity contribution in [2.24, 2.45) is 17.1 Å². The third kappa shape index (κ3) is 3.65. The second-order valence-corrected chi connectivity index (χ2v) is 6.26. The minimum Gasteiger partial charge on any atom is -0.355 e. The summed E-state index contributed by atoms with van der Waals surface area (Å²) in [4.78, 5) is 12.0. The summed E-state index contributed by atoms with van der Waals surface area (Å²) in [7, 11) is 0. The number of carbonyl (C=O) groups is 1. The molecule has 0 aliphatic heterocycles. The molecule has 3 nitrogen and oxygen atoms in total. The fraction of sp³-hybridized carbons (Fsp3) is 0.929. The number of alkyl halides is 2. The summed E-state index contributed by atoms with van der Waals surface area (Å²) in [6.07, 6.45) is 4.74.